The van der Waals surface area contributed by atoms with Gasteiger partial charge < -0.3 is 33.6 Å². The molecule has 1 aromatic heterocycles. The van der Waals surface area contributed by atoms with E-state index in [1.54, 1.807) is 0 Å². The average Bonchev–Trinajstić information content (AvgIpc) is 0.745. The highest BCUT2D eigenvalue weighted by molar-refractivity contribution is 7.00. The molecule has 0 aliphatic carbocycles. The van der Waals surface area contributed by atoms with E-state index in [0.717, 1.165) is 129 Å². The Morgan fingerprint density at radius 2 is 0.607 bits per heavy atom. The van der Waals surface area contributed by atoms with E-state index in [2.05, 4.69) is 327 Å². The zero-order valence-electron chi connectivity index (χ0n) is 48.1. The second-order valence-electron chi connectivity index (χ2n) is 23.1. The maximum atomic E-state index is 16.3. The third kappa shape index (κ3) is 7.93. The predicted octanol–water partition coefficient (Wildman–Crippen LogP) is 15.9. The summed E-state index contributed by atoms with van der Waals surface area (Å²) in [7, 11) is 0. The van der Waals surface area contributed by atoms with Gasteiger partial charge in [-0.25, -0.2) is 0 Å². The molecule has 10 heteroatoms. The summed E-state index contributed by atoms with van der Waals surface area (Å²) in [4.78, 5) is 25.6. The molecular formula is C79H51B2N5O3. The van der Waals surface area contributed by atoms with Crippen molar-refractivity contribution in [2.24, 2.45) is 0 Å². The van der Waals surface area contributed by atoms with Gasteiger partial charge in [0.15, 0.2) is 5.43 Å². The predicted molar refractivity (Wildman–Crippen MR) is 368 cm³/mol. The van der Waals surface area contributed by atoms with Gasteiger partial charge in [-0.3, -0.25) is 4.79 Å². The van der Waals surface area contributed by atoms with Gasteiger partial charge in [-0.1, -0.05) is 164 Å². The highest BCUT2D eigenvalue weighted by Gasteiger charge is 2.45. The minimum atomic E-state index is -0.289. The third-order valence-corrected chi connectivity index (χ3v) is 18.2. The number of hydrogen-bond acceptors (Lipinski definition) is 7. The van der Waals surface area contributed by atoms with Gasteiger partial charge in [0.05, 0.1) is 22.4 Å². The van der Waals surface area contributed by atoms with Crippen LogP contribution in [0.5, 0.6) is 23.0 Å². The van der Waals surface area contributed by atoms with Gasteiger partial charge in [-0.05, 0) is 154 Å². The summed E-state index contributed by atoms with van der Waals surface area (Å²) in [5, 5.41) is 1.19. The number of ether oxygens (including phenoxy) is 2. The Balaban J connectivity index is 0.882. The molecular weight excluding hydrogens is 1090 g/mol. The standard InChI is InChI=1S/C79H51B2N5O3/c87-79-61-48-65-73(88-75-46-59(82(52-26-8-1-9-27-52)53-28-10-2-11-29-53)44-71-77(75)80(65)63-40-22-24-42-67(63)84(71)56-34-16-5-17-35-56)50-69(61)86(58-38-20-7-21-39-58)70-51-74-66(49-62(70)79)81-64-41-23-25-43-68(64)85(57-36-18-6-19-37-57)72-45-60(47-76(89-74)78(72)81)83(54-30-12-3-13-31-54)55-32-14-4-15-33-55/h1-51H. The zero-order chi connectivity index (χ0) is 58.7. The summed E-state index contributed by atoms with van der Waals surface area (Å²) in [5.41, 5.74) is 20.6. The third-order valence-electron chi connectivity index (χ3n) is 18.2. The Morgan fingerprint density at radius 3 is 0.978 bits per heavy atom. The van der Waals surface area contributed by atoms with Crippen LogP contribution in [0.1, 0.15) is 0 Å². The number of pyridine rings is 1. The van der Waals surface area contributed by atoms with Crippen LogP contribution in [-0.2, 0) is 0 Å². The van der Waals surface area contributed by atoms with E-state index in [9.17, 15) is 0 Å². The number of rotatable bonds is 9. The molecule has 0 bridgehead atoms. The molecule has 13 aromatic carbocycles. The quantitative estimate of drug-likeness (QED) is 0.105. The summed E-state index contributed by atoms with van der Waals surface area (Å²) in [5.74, 6) is 2.85. The maximum absolute atomic E-state index is 16.3. The second kappa shape index (κ2) is 20.2. The molecule has 18 rings (SSSR count). The smallest absolute Gasteiger partial charge is 0.256 e. The number of anilines is 12. The fraction of sp³-hybridized carbons (Fsp3) is 0. The van der Waals surface area contributed by atoms with Crippen LogP contribution in [0, 0.1) is 0 Å². The molecule has 416 valence electrons. The molecule has 0 amide bonds. The first-order chi connectivity index (χ1) is 44.1. The number of nitrogens with zero attached hydrogens (tertiary/aromatic N) is 5. The number of hydrogen-bond donors (Lipinski definition) is 0. The molecule has 0 saturated carbocycles. The van der Waals surface area contributed by atoms with E-state index >= 15 is 4.79 Å². The van der Waals surface area contributed by atoms with Crippen LogP contribution in [0.2, 0.25) is 0 Å². The lowest BCUT2D eigenvalue weighted by Gasteiger charge is -2.41. The average molecular weight is 1140 g/mol. The summed E-state index contributed by atoms with van der Waals surface area (Å²) >= 11 is 0. The molecule has 14 aromatic rings. The molecule has 8 nitrogen and oxygen atoms in total. The Morgan fingerprint density at radius 1 is 0.281 bits per heavy atom. The van der Waals surface area contributed by atoms with Crippen molar-refractivity contribution >= 4 is 136 Å². The lowest BCUT2D eigenvalue weighted by molar-refractivity contribution is 0.488. The van der Waals surface area contributed by atoms with Crippen LogP contribution < -0.4 is 67.3 Å². The van der Waals surface area contributed by atoms with Gasteiger partial charge in [-0.15, -0.1) is 0 Å². The lowest BCUT2D eigenvalue weighted by atomic mass is 9.34. The fourth-order valence-corrected chi connectivity index (χ4v) is 14.5. The molecule has 0 unspecified atom stereocenters. The second-order valence-corrected chi connectivity index (χ2v) is 23.1. The topological polar surface area (TPSA) is 53.4 Å². The highest BCUT2D eigenvalue weighted by atomic mass is 16.5. The minimum absolute atomic E-state index is 0.0664. The molecule has 0 N–H and O–H groups in total. The monoisotopic (exact) mass is 1140 g/mol. The van der Waals surface area contributed by atoms with Gasteiger partial charge in [0.1, 0.15) is 23.0 Å². The number of benzene rings is 13. The van der Waals surface area contributed by atoms with Crippen molar-refractivity contribution in [1.82, 2.24) is 4.57 Å². The first-order valence-electron chi connectivity index (χ1n) is 30.3. The van der Waals surface area contributed by atoms with E-state index in [-0.39, 0.29) is 18.9 Å². The van der Waals surface area contributed by atoms with Crippen molar-refractivity contribution in [1.29, 1.82) is 0 Å². The highest BCUT2D eigenvalue weighted by Crippen LogP contribution is 2.49. The number of fused-ring (bicyclic) bond motifs is 10. The van der Waals surface area contributed by atoms with E-state index in [1.165, 1.54) is 0 Å². The van der Waals surface area contributed by atoms with Gasteiger partial charge in [0, 0.05) is 97.6 Å². The van der Waals surface area contributed by atoms with Crippen molar-refractivity contribution in [2.45, 2.75) is 0 Å². The SMILES string of the molecule is O=c1c2cc3c(cc2n(-c2ccccc2)c2cc4c(cc12)B1c2ccccc2N(c2ccccc2)c2cc(N(c5ccccc5)c5ccccc5)cc(c21)O4)Oc1cc(N(c2ccccc2)c2ccccc2)cc2c1B3c1ccccc1N2c1ccccc1. The van der Waals surface area contributed by atoms with Gasteiger partial charge in [0.2, 0.25) is 0 Å². The Hall–Kier alpha value is -11.7. The normalized spacial score (nSPS) is 12.9. The number of para-hydroxylation sites is 9. The van der Waals surface area contributed by atoms with Crippen LogP contribution >= 0.6 is 0 Å². The Labute approximate surface area is 515 Å². The molecule has 0 atom stereocenters. The van der Waals surface area contributed by atoms with Crippen LogP contribution in [0.15, 0.2) is 314 Å². The molecule has 89 heavy (non-hydrogen) atoms. The summed E-state index contributed by atoms with van der Waals surface area (Å²) in [6.45, 7) is -0.577. The molecule has 4 aliphatic heterocycles. The van der Waals surface area contributed by atoms with Gasteiger partial charge in [-0.2, -0.15) is 0 Å². The first-order valence-corrected chi connectivity index (χ1v) is 30.3. The largest absolute Gasteiger partial charge is 0.458 e. The van der Waals surface area contributed by atoms with E-state index in [1.807, 2.05) is 6.07 Å². The van der Waals surface area contributed by atoms with E-state index in [4.69, 9.17) is 9.47 Å². The Bertz CT molecular complexity index is 4820. The first kappa shape index (κ1) is 50.6. The number of aromatic nitrogens is 1. The van der Waals surface area contributed by atoms with Crippen molar-refractivity contribution in [3.63, 3.8) is 0 Å². The zero-order valence-corrected chi connectivity index (χ0v) is 48.1. The minimum Gasteiger partial charge on any atom is -0.458 e. The van der Waals surface area contributed by atoms with Crippen molar-refractivity contribution < 1.29 is 9.47 Å². The molecule has 0 radical (unpaired) electrons. The molecule has 5 heterocycles. The van der Waals surface area contributed by atoms with Crippen LogP contribution in [0.3, 0.4) is 0 Å². The van der Waals surface area contributed by atoms with Crippen LogP contribution in [0.4, 0.5) is 68.2 Å². The van der Waals surface area contributed by atoms with Crippen LogP contribution in [-0.4, -0.2) is 18.0 Å². The molecule has 0 fully saturated rings. The summed E-state index contributed by atoms with van der Waals surface area (Å²) in [6, 6.07) is 108. The molecule has 0 spiro atoms. The van der Waals surface area contributed by atoms with E-state index < -0.39 is 0 Å². The van der Waals surface area contributed by atoms with Crippen molar-refractivity contribution in [3.8, 4) is 28.7 Å². The lowest BCUT2D eigenvalue weighted by Crippen LogP contribution is -2.59. The van der Waals surface area contributed by atoms with Crippen molar-refractivity contribution in [3.05, 3.63) is 320 Å². The van der Waals surface area contributed by atoms with Crippen LogP contribution in [0.25, 0.3) is 27.5 Å². The summed E-state index contributed by atoms with van der Waals surface area (Å²) < 4.78 is 17.2. The van der Waals surface area contributed by atoms with E-state index in [0.29, 0.717) is 22.3 Å². The summed E-state index contributed by atoms with van der Waals surface area (Å²) in [6.07, 6.45) is 0. The maximum Gasteiger partial charge on any atom is 0.256 e. The van der Waals surface area contributed by atoms with Gasteiger partial charge in [0.25, 0.3) is 13.4 Å². The van der Waals surface area contributed by atoms with Crippen molar-refractivity contribution in [2.75, 3.05) is 19.6 Å². The fourth-order valence-electron chi connectivity index (χ4n) is 14.5. The molecule has 0 saturated heterocycles. The van der Waals surface area contributed by atoms with Gasteiger partial charge >= 0.3 is 0 Å². The molecule has 4 aliphatic rings. The Kier molecular flexibility index (Phi) is 11.5.